The van der Waals surface area contributed by atoms with Crippen molar-refractivity contribution in [2.45, 2.75) is 39.3 Å². The second-order valence-corrected chi connectivity index (χ2v) is 4.33. The van der Waals surface area contributed by atoms with Crippen LogP contribution in [0.2, 0.25) is 0 Å². The van der Waals surface area contributed by atoms with Crippen LogP contribution in [0.5, 0.6) is 0 Å². The van der Waals surface area contributed by atoms with Gasteiger partial charge in [-0.25, -0.2) is 4.79 Å². The molecular weight excluding hydrogens is 212 g/mol. The van der Waals surface area contributed by atoms with Crippen molar-refractivity contribution in [3.05, 3.63) is 0 Å². The fourth-order valence-electron chi connectivity index (χ4n) is 0.993. The molecule has 16 heavy (non-hydrogen) atoms. The van der Waals surface area contributed by atoms with Gasteiger partial charge in [0.2, 0.25) is 0 Å². The Labute approximate surface area is 95.4 Å². The van der Waals surface area contributed by atoms with Gasteiger partial charge >= 0.3 is 12.1 Å². The van der Waals surface area contributed by atoms with E-state index >= 15 is 0 Å². The van der Waals surface area contributed by atoms with Crippen LogP contribution in [0.25, 0.3) is 0 Å². The molecule has 0 heterocycles. The highest BCUT2D eigenvalue weighted by Gasteiger charge is 2.20. The first-order valence-electron chi connectivity index (χ1n) is 5.19. The second-order valence-electron chi connectivity index (χ2n) is 4.33. The van der Waals surface area contributed by atoms with Crippen LogP contribution in [0, 0.1) is 0 Å². The van der Waals surface area contributed by atoms with Gasteiger partial charge in [0.15, 0.2) is 0 Å². The van der Waals surface area contributed by atoms with E-state index < -0.39 is 23.7 Å². The molecule has 0 aliphatic carbocycles. The summed E-state index contributed by atoms with van der Waals surface area (Å²) in [6, 6.07) is -0.794. The Kier molecular flexibility index (Phi) is 5.81. The van der Waals surface area contributed by atoms with Crippen molar-refractivity contribution in [1.82, 2.24) is 10.6 Å². The first-order valence-corrected chi connectivity index (χ1v) is 5.19. The highest BCUT2D eigenvalue weighted by atomic mass is 16.6. The molecular formula is C10H20N2O4. The molecule has 1 atom stereocenters. The Balaban J connectivity index is 4.01. The highest BCUT2D eigenvalue weighted by molar-refractivity contribution is 5.75. The van der Waals surface area contributed by atoms with E-state index in [0.29, 0.717) is 6.54 Å². The minimum Gasteiger partial charge on any atom is -0.480 e. The molecule has 0 saturated heterocycles. The highest BCUT2D eigenvalue weighted by Crippen LogP contribution is 2.06. The van der Waals surface area contributed by atoms with Crippen molar-refractivity contribution < 1.29 is 19.4 Å². The number of nitrogens with one attached hydrogen (secondary N) is 2. The Morgan fingerprint density at radius 1 is 1.38 bits per heavy atom. The lowest BCUT2D eigenvalue weighted by atomic mass is 10.2. The monoisotopic (exact) mass is 232 g/mol. The molecule has 0 fully saturated rings. The number of carboxylic acid groups (broad SMARTS) is 1. The van der Waals surface area contributed by atoms with Crippen LogP contribution in [-0.2, 0) is 9.53 Å². The molecule has 0 rings (SSSR count). The van der Waals surface area contributed by atoms with E-state index in [-0.39, 0.29) is 6.54 Å². The van der Waals surface area contributed by atoms with Crippen molar-refractivity contribution in [3.63, 3.8) is 0 Å². The summed E-state index contributed by atoms with van der Waals surface area (Å²) >= 11 is 0. The van der Waals surface area contributed by atoms with Crippen LogP contribution in [0.1, 0.15) is 27.7 Å². The van der Waals surface area contributed by atoms with Crippen molar-refractivity contribution in [2.24, 2.45) is 0 Å². The first-order chi connectivity index (χ1) is 7.26. The van der Waals surface area contributed by atoms with Crippen molar-refractivity contribution in [3.8, 4) is 0 Å². The summed E-state index contributed by atoms with van der Waals surface area (Å²) in [5.74, 6) is -1.00. The molecule has 6 heteroatoms. The average molecular weight is 232 g/mol. The zero-order valence-electron chi connectivity index (χ0n) is 10.2. The van der Waals surface area contributed by atoms with Gasteiger partial charge in [0, 0.05) is 6.54 Å². The third-order valence-electron chi connectivity index (χ3n) is 1.60. The number of amides is 1. The maximum absolute atomic E-state index is 11.2. The third kappa shape index (κ3) is 7.05. The number of hydrogen-bond acceptors (Lipinski definition) is 4. The van der Waals surface area contributed by atoms with Crippen molar-refractivity contribution >= 4 is 12.1 Å². The number of ether oxygens (including phenoxy) is 1. The van der Waals surface area contributed by atoms with Gasteiger partial charge in [-0.15, -0.1) is 0 Å². The number of carboxylic acids is 1. The van der Waals surface area contributed by atoms with E-state index in [9.17, 15) is 9.59 Å². The Morgan fingerprint density at radius 3 is 2.31 bits per heavy atom. The summed E-state index contributed by atoms with van der Waals surface area (Å²) in [5, 5.41) is 13.9. The van der Waals surface area contributed by atoms with Crippen molar-refractivity contribution in [1.29, 1.82) is 0 Å². The van der Waals surface area contributed by atoms with Gasteiger partial charge in [-0.2, -0.15) is 0 Å². The van der Waals surface area contributed by atoms with E-state index in [2.05, 4.69) is 10.6 Å². The van der Waals surface area contributed by atoms with E-state index in [0.717, 1.165) is 0 Å². The lowest BCUT2D eigenvalue weighted by Crippen LogP contribution is -2.46. The predicted octanol–water partition coefficient (Wildman–Crippen LogP) is 0.574. The van der Waals surface area contributed by atoms with Crippen LogP contribution < -0.4 is 10.6 Å². The van der Waals surface area contributed by atoms with E-state index in [1.165, 1.54) is 0 Å². The molecule has 94 valence electrons. The fraction of sp³-hybridized carbons (Fsp3) is 0.800. The van der Waals surface area contributed by atoms with E-state index in [1.807, 2.05) is 0 Å². The zero-order chi connectivity index (χ0) is 12.8. The van der Waals surface area contributed by atoms with Gasteiger partial charge < -0.3 is 20.5 Å². The molecule has 0 aromatic carbocycles. The lowest BCUT2D eigenvalue weighted by Gasteiger charge is -2.21. The van der Waals surface area contributed by atoms with Gasteiger partial charge in [0.25, 0.3) is 0 Å². The molecule has 1 amide bonds. The molecule has 0 saturated carbocycles. The maximum Gasteiger partial charge on any atom is 0.407 e. The number of likely N-dealkylation sites (N-methyl/N-ethyl adjacent to an activating group) is 1. The predicted molar refractivity (Wildman–Crippen MR) is 59.3 cm³/mol. The molecule has 3 N–H and O–H groups in total. The van der Waals surface area contributed by atoms with Crippen LogP contribution in [-0.4, -0.2) is 41.9 Å². The SMILES string of the molecule is CCNC(CNC(=O)OC(C)(C)C)C(=O)O. The van der Waals surface area contributed by atoms with Crippen LogP contribution in [0.15, 0.2) is 0 Å². The average Bonchev–Trinajstić information content (AvgIpc) is 2.08. The second kappa shape index (κ2) is 6.32. The maximum atomic E-state index is 11.2. The number of hydrogen-bond donors (Lipinski definition) is 3. The summed E-state index contributed by atoms with van der Waals surface area (Å²) in [4.78, 5) is 22.0. The van der Waals surface area contributed by atoms with Gasteiger partial charge in [-0.05, 0) is 27.3 Å². The summed E-state index contributed by atoms with van der Waals surface area (Å²) in [7, 11) is 0. The molecule has 0 bridgehead atoms. The molecule has 6 nitrogen and oxygen atoms in total. The lowest BCUT2D eigenvalue weighted by molar-refractivity contribution is -0.139. The molecule has 0 radical (unpaired) electrons. The van der Waals surface area contributed by atoms with E-state index in [4.69, 9.17) is 9.84 Å². The Bertz CT molecular complexity index is 248. The Hall–Kier alpha value is -1.30. The smallest absolute Gasteiger partial charge is 0.407 e. The summed E-state index contributed by atoms with van der Waals surface area (Å²) in [6.45, 7) is 7.54. The third-order valence-corrected chi connectivity index (χ3v) is 1.60. The number of carbonyl (C=O) groups is 2. The summed E-state index contributed by atoms with van der Waals surface area (Å²) in [6.07, 6.45) is -0.614. The summed E-state index contributed by atoms with van der Waals surface area (Å²) in [5.41, 5.74) is -0.582. The standard InChI is InChI=1S/C10H20N2O4/c1-5-11-7(8(13)14)6-12-9(15)16-10(2,3)4/h7,11H,5-6H2,1-4H3,(H,12,15)(H,13,14). The van der Waals surface area contributed by atoms with Gasteiger partial charge in [-0.3, -0.25) is 4.79 Å². The number of alkyl carbamates (subject to hydrolysis) is 1. The zero-order valence-corrected chi connectivity index (χ0v) is 10.2. The number of carbonyl (C=O) groups excluding carboxylic acids is 1. The molecule has 0 aromatic heterocycles. The number of rotatable bonds is 5. The van der Waals surface area contributed by atoms with Crippen LogP contribution in [0.4, 0.5) is 4.79 Å². The minimum absolute atomic E-state index is 0.00190. The number of aliphatic carboxylic acids is 1. The molecule has 1 unspecified atom stereocenters. The Morgan fingerprint density at radius 2 is 1.94 bits per heavy atom. The topological polar surface area (TPSA) is 87.7 Å². The summed E-state index contributed by atoms with van der Waals surface area (Å²) < 4.78 is 4.98. The van der Waals surface area contributed by atoms with Gasteiger partial charge in [0.1, 0.15) is 11.6 Å². The van der Waals surface area contributed by atoms with Gasteiger partial charge in [0.05, 0.1) is 0 Å². The quantitative estimate of drug-likeness (QED) is 0.645. The first kappa shape index (κ1) is 14.7. The normalized spacial score (nSPS) is 13.0. The molecule has 0 aromatic rings. The molecule has 0 aliphatic heterocycles. The van der Waals surface area contributed by atoms with Crippen LogP contribution in [0.3, 0.4) is 0 Å². The van der Waals surface area contributed by atoms with E-state index in [1.54, 1.807) is 27.7 Å². The minimum atomic E-state index is -1.00. The fourth-order valence-corrected chi connectivity index (χ4v) is 0.993. The van der Waals surface area contributed by atoms with Crippen LogP contribution >= 0.6 is 0 Å². The van der Waals surface area contributed by atoms with Gasteiger partial charge in [-0.1, -0.05) is 6.92 Å². The molecule has 0 aliphatic rings. The largest absolute Gasteiger partial charge is 0.480 e. The molecule has 0 spiro atoms. The van der Waals surface area contributed by atoms with Crippen molar-refractivity contribution in [2.75, 3.05) is 13.1 Å².